The number of hydrogen-bond acceptors (Lipinski definition) is 4. The number of likely N-dealkylation sites (N-methyl/N-ethyl adjacent to an activating group) is 1. The van der Waals surface area contributed by atoms with Gasteiger partial charge in [-0.3, -0.25) is 14.3 Å². The Bertz CT molecular complexity index is 1030. The van der Waals surface area contributed by atoms with Gasteiger partial charge in [-0.05, 0) is 57.7 Å². The number of hydrogen-bond donors (Lipinski definition) is 1. The van der Waals surface area contributed by atoms with E-state index in [1.807, 2.05) is 85.8 Å². The third kappa shape index (κ3) is 5.87. The molecule has 0 saturated heterocycles. The van der Waals surface area contributed by atoms with Crippen molar-refractivity contribution < 1.29 is 4.79 Å². The maximum Gasteiger partial charge on any atom is 0.234 e. The van der Waals surface area contributed by atoms with E-state index in [0.29, 0.717) is 17.9 Å². The number of nitrogens with one attached hydrogen (secondary N) is 1. The summed E-state index contributed by atoms with van der Waals surface area (Å²) in [5, 5.41) is 7.79. The molecule has 1 heterocycles. The summed E-state index contributed by atoms with van der Waals surface area (Å²) in [4.78, 5) is 14.2. The lowest BCUT2D eigenvalue weighted by atomic mass is 10.1. The van der Waals surface area contributed by atoms with Gasteiger partial charge >= 0.3 is 0 Å². The number of benzene rings is 2. The molecule has 0 saturated carbocycles. The Balaban J connectivity index is 1.86. The van der Waals surface area contributed by atoms with E-state index in [2.05, 4.69) is 17.4 Å². The van der Waals surface area contributed by atoms with Gasteiger partial charge in [0.2, 0.25) is 10.7 Å². The fourth-order valence-corrected chi connectivity index (χ4v) is 3.57. The number of nitrogens with zero attached hydrogens (tertiary/aromatic N) is 4. The predicted molar refractivity (Wildman–Crippen MR) is 122 cm³/mol. The third-order valence-electron chi connectivity index (χ3n) is 4.43. The maximum absolute atomic E-state index is 12.3. The quantitative estimate of drug-likeness (QED) is 0.588. The lowest BCUT2D eigenvalue weighted by molar-refractivity contribution is -0.123. The zero-order valence-electron chi connectivity index (χ0n) is 18.0. The summed E-state index contributed by atoms with van der Waals surface area (Å²) in [6, 6.07) is 20.2. The van der Waals surface area contributed by atoms with Crippen molar-refractivity contribution in [2.45, 2.75) is 39.4 Å². The number of carbonyl (C=O) groups excluding carboxylic acids is 1. The number of para-hydroxylation sites is 1. The zero-order valence-corrected chi connectivity index (χ0v) is 18.8. The van der Waals surface area contributed by atoms with Crippen molar-refractivity contribution in [1.29, 1.82) is 0 Å². The fourth-order valence-electron chi connectivity index (χ4n) is 3.26. The van der Waals surface area contributed by atoms with Crippen molar-refractivity contribution in [1.82, 2.24) is 24.6 Å². The maximum atomic E-state index is 12.3. The molecule has 1 amide bonds. The molecule has 0 radical (unpaired) electrons. The SMILES string of the molecule is CN(CC(=O)NC(C)(C)C)Cn1nc(Cc2ccccc2)n(-c2ccccc2)c1=S. The van der Waals surface area contributed by atoms with Crippen LogP contribution in [0.4, 0.5) is 0 Å². The number of rotatable bonds is 7. The predicted octanol–water partition coefficient (Wildman–Crippen LogP) is 3.80. The lowest BCUT2D eigenvalue weighted by Gasteiger charge is -2.23. The summed E-state index contributed by atoms with van der Waals surface area (Å²) in [5.41, 5.74) is 1.89. The second-order valence-corrected chi connectivity index (χ2v) is 8.85. The van der Waals surface area contributed by atoms with Gasteiger partial charge in [0.1, 0.15) is 5.82 Å². The Morgan fingerprint density at radius 3 is 2.27 bits per heavy atom. The Labute approximate surface area is 183 Å². The summed E-state index contributed by atoms with van der Waals surface area (Å²) in [5.74, 6) is 0.841. The Hall–Kier alpha value is -2.77. The molecule has 0 fully saturated rings. The first-order chi connectivity index (χ1) is 14.2. The van der Waals surface area contributed by atoms with Crippen LogP contribution in [0.1, 0.15) is 32.2 Å². The van der Waals surface area contributed by atoms with Crippen LogP contribution >= 0.6 is 12.2 Å². The molecule has 7 heteroatoms. The molecule has 0 atom stereocenters. The third-order valence-corrected chi connectivity index (χ3v) is 4.82. The van der Waals surface area contributed by atoms with Crippen LogP contribution in [-0.2, 0) is 17.9 Å². The van der Waals surface area contributed by atoms with E-state index in [1.165, 1.54) is 5.56 Å². The van der Waals surface area contributed by atoms with E-state index in [1.54, 1.807) is 4.68 Å². The van der Waals surface area contributed by atoms with Gasteiger partial charge in [-0.1, -0.05) is 48.5 Å². The van der Waals surface area contributed by atoms with E-state index in [0.717, 1.165) is 11.5 Å². The molecule has 0 aliphatic heterocycles. The van der Waals surface area contributed by atoms with Crippen LogP contribution in [-0.4, -0.2) is 44.3 Å². The van der Waals surface area contributed by atoms with Crippen LogP contribution < -0.4 is 5.32 Å². The summed E-state index contributed by atoms with van der Waals surface area (Å²) in [7, 11) is 1.89. The van der Waals surface area contributed by atoms with Crippen molar-refractivity contribution in [2.24, 2.45) is 0 Å². The van der Waals surface area contributed by atoms with Gasteiger partial charge in [-0.25, -0.2) is 4.68 Å². The summed E-state index contributed by atoms with van der Waals surface area (Å²) >= 11 is 5.77. The van der Waals surface area contributed by atoms with Crippen molar-refractivity contribution in [2.75, 3.05) is 13.6 Å². The average Bonchev–Trinajstić information content (AvgIpc) is 2.96. The molecule has 6 nitrogen and oxygen atoms in total. The molecule has 1 aromatic heterocycles. The highest BCUT2D eigenvalue weighted by molar-refractivity contribution is 7.71. The van der Waals surface area contributed by atoms with Gasteiger partial charge in [-0.15, -0.1) is 0 Å². The number of aromatic nitrogens is 3. The standard InChI is InChI=1S/C23H29N5OS/c1-23(2,3)24-21(29)16-26(4)17-27-22(30)28(19-13-9-6-10-14-19)20(25-27)15-18-11-7-5-8-12-18/h5-14H,15-17H2,1-4H3,(H,24,29). The van der Waals surface area contributed by atoms with Crippen LogP contribution in [0.25, 0.3) is 5.69 Å². The van der Waals surface area contributed by atoms with E-state index >= 15 is 0 Å². The topological polar surface area (TPSA) is 55.1 Å². The monoisotopic (exact) mass is 423 g/mol. The molecule has 3 rings (SSSR count). The van der Waals surface area contributed by atoms with Gasteiger partial charge in [0.15, 0.2) is 0 Å². The molecule has 0 aliphatic carbocycles. The minimum Gasteiger partial charge on any atom is -0.350 e. The number of amides is 1. The largest absolute Gasteiger partial charge is 0.350 e. The Morgan fingerprint density at radius 2 is 1.67 bits per heavy atom. The van der Waals surface area contributed by atoms with Crippen LogP contribution in [0, 0.1) is 4.77 Å². The second-order valence-electron chi connectivity index (χ2n) is 8.49. The summed E-state index contributed by atoms with van der Waals surface area (Å²) in [6.07, 6.45) is 0.667. The zero-order chi connectivity index (χ0) is 21.7. The van der Waals surface area contributed by atoms with Crippen molar-refractivity contribution in [3.63, 3.8) is 0 Å². The highest BCUT2D eigenvalue weighted by atomic mass is 32.1. The van der Waals surface area contributed by atoms with Gasteiger partial charge in [0.05, 0.1) is 13.2 Å². The fraction of sp³-hybridized carbons (Fsp3) is 0.348. The first-order valence-corrected chi connectivity index (χ1v) is 10.4. The van der Waals surface area contributed by atoms with Crippen LogP contribution in [0.15, 0.2) is 60.7 Å². The van der Waals surface area contributed by atoms with Crippen LogP contribution in [0.5, 0.6) is 0 Å². The highest BCUT2D eigenvalue weighted by Gasteiger charge is 2.17. The van der Waals surface area contributed by atoms with Gasteiger partial charge < -0.3 is 5.32 Å². The highest BCUT2D eigenvalue weighted by Crippen LogP contribution is 2.16. The van der Waals surface area contributed by atoms with Gasteiger partial charge in [0.25, 0.3) is 0 Å². The minimum atomic E-state index is -0.258. The summed E-state index contributed by atoms with van der Waals surface area (Å²) in [6.45, 7) is 6.61. The summed E-state index contributed by atoms with van der Waals surface area (Å²) < 4.78 is 4.39. The van der Waals surface area contributed by atoms with Gasteiger partial charge in [-0.2, -0.15) is 5.10 Å². The van der Waals surface area contributed by atoms with E-state index in [9.17, 15) is 4.79 Å². The van der Waals surface area contributed by atoms with Crippen LogP contribution in [0.3, 0.4) is 0 Å². The molecule has 1 N–H and O–H groups in total. The Morgan fingerprint density at radius 1 is 1.07 bits per heavy atom. The molecule has 30 heavy (non-hydrogen) atoms. The molecule has 158 valence electrons. The first kappa shape index (κ1) is 21.9. The van der Waals surface area contributed by atoms with Gasteiger partial charge in [0, 0.05) is 17.6 Å². The van der Waals surface area contributed by atoms with E-state index in [4.69, 9.17) is 17.3 Å². The first-order valence-electron chi connectivity index (χ1n) is 10.0. The molecule has 0 unspecified atom stereocenters. The molecular formula is C23H29N5OS. The smallest absolute Gasteiger partial charge is 0.234 e. The lowest BCUT2D eigenvalue weighted by Crippen LogP contribution is -2.45. The molecular weight excluding hydrogens is 394 g/mol. The molecule has 2 aromatic carbocycles. The molecule has 0 bridgehead atoms. The van der Waals surface area contributed by atoms with Crippen molar-refractivity contribution in [3.8, 4) is 5.69 Å². The molecule has 3 aromatic rings. The Kier molecular flexibility index (Phi) is 6.84. The minimum absolute atomic E-state index is 0.0245. The average molecular weight is 424 g/mol. The molecule has 0 spiro atoms. The van der Waals surface area contributed by atoms with E-state index in [-0.39, 0.29) is 18.0 Å². The second kappa shape index (κ2) is 9.36. The normalized spacial score (nSPS) is 11.6. The van der Waals surface area contributed by atoms with Crippen molar-refractivity contribution in [3.05, 3.63) is 76.8 Å². The number of carbonyl (C=O) groups is 1. The van der Waals surface area contributed by atoms with Crippen LogP contribution in [0.2, 0.25) is 0 Å². The molecule has 0 aliphatic rings. The van der Waals surface area contributed by atoms with E-state index < -0.39 is 0 Å². The van der Waals surface area contributed by atoms with Crippen molar-refractivity contribution >= 4 is 18.1 Å².